The number of ether oxygens (including phenoxy) is 1. The average Bonchev–Trinajstić information content (AvgIpc) is 2.76. The van der Waals surface area contributed by atoms with Crippen LogP contribution in [0.3, 0.4) is 0 Å². The average molecular weight is 253 g/mol. The van der Waals surface area contributed by atoms with E-state index in [2.05, 4.69) is 22.1 Å². The minimum Gasteiger partial charge on any atom is -0.468 e. The van der Waals surface area contributed by atoms with Gasteiger partial charge >= 0.3 is 5.97 Å². The normalized spacial score (nSPS) is 10.1. The topological polar surface area (TPSA) is 73.2 Å². The highest BCUT2D eigenvalue weighted by Crippen LogP contribution is 2.07. The van der Waals surface area contributed by atoms with Crippen LogP contribution in [-0.2, 0) is 20.9 Å². The molecule has 0 saturated carbocycles. The van der Waals surface area contributed by atoms with Crippen molar-refractivity contribution in [1.82, 2.24) is 9.78 Å². The summed E-state index contributed by atoms with van der Waals surface area (Å²) in [7, 11) is 1.32. The second kappa shape index (κ2) is 7.47. The van der Waals surface area contributed by atoms with Crippen LogP contribution in [0.4, 0.5) is 5.69 Å². The number of carbonyl (C=O) groups is 2. The SMILES string of the molecule is CCCCCC(=O)Nc1cnn(CC(=O)OC)c1. The lowest BCUT2D eigenvalue weighted by molar-refractivity contribution is -0.141. The van der Waals surface area contributed by atoms with Gasteiger partial charge in [-0.3, -0.25) is 14.3 Å². The molecule has 0 radical (unpaired) electrons. The molecule has 0 atom stereocenters. The van der Waals surface area contributed by atoms with Crippen LogP contribution in [0.1, 0.15) is 32.6 Å². The molecule has 0 aromatic carbocycles. The third kappa shape index (κ3) is 4.99. The van der Waals surface area contributed by atoms with Gasteiger partial charge in [-0.25, -0.2) is 0 Å². The third-order valence-corrected chi connectivity index (χ3v) is 2.44. The van der Waals surface area contributed by atoms with Gasteiger partial charge < -0.3 is 10.1 Å². The fourth-order valence-corrected chi connectivity index (χ4v) is 1.47. The predicted molar refractivity (Wildman–Crippen MR) is 67.0 cm³/mol. The largest absolute Gasteiger partial charge is 0.468 e. The number of carbonyl (C=O) groups excluding carboxylic acids is 2. The number of methoxy groups -OCH3 is 1. The van der Waals surface area contributed by atoms with Gasteiger partial charge in [0.1, 0.15) is 6.54 Å². The van der Waals surface area contributed by atoms with Gasteiger partial charge in [-0.1, -0.05) is 19.8 Å². The molecule has 1 amide bonds. The van der Waals surface area contributed by atoms with Gasteiger partial charge in [0.15, 0.2) is 0 Å². The van der Waals surface area contributed by atoms with E-state index in [-0.39, 0.29) is 18.4 Å². The van der Waals surface area contributed by atoms with Crippen molar-refractivity contribution in [3.05, 3.63) is 12.4 Å². The Kier molecular flexibility index (Phi) is 5.90. The summed E-state index contributed by atoms with van der Waals surface area (Å²) >= 11 is 0. The first-order valence-corrected chi connectivity index (χ1v) is 6.04. The number of esters is 1. The van der Waals surface area contributed by atoms with E-state index < -0.39 is 0 Å². The molecule has 1 aromatic rings. The van der Waals surface area contributed by atoms with Gasteiger partial charge in [0, 0.05) is 12.6 Å². The quantitative estimate of drug-likeness (QED) is 0.591. The summed E-state index contributed by atoms with van der Waals surface area (Å²) in [6, 6.07) is 0. The minimum absolute atomic E-state index is 0.0268. The first-order chi connectivity index (χ1) is 8.65. The molecular formula is C12H19N3O3. The van der Waals surface area contributed by atoms with Crippen LogP contribution in [0.2, 0.25) is 0 Å². The summed E-state index contributed by atoms with van der Waals surface area (Å²) in [6.07, 6.45) is 6.66. The van der Waals surface area contributed by atoms with E-state index in [9.17, 15) is 9.59 Å². The minimum atomic E-state index is -0.376. The van der Waals surface area contributed by atoms with Crippen LogP contribution in [0.15, 0.2) is 12.4 Å². The molecule has 0 aliphatic heterocycles. The van der Waals surface area contributed by atoms with Crippen molar-refractivity contribution in [3.8, 4) is 0 Å². The Labute approximate surface area is 106 Å². The Bertz CT molecular complexity index is 401. The smallest absolute Gasteiger partial charge is 0.327 e. The maximum Gasteiger partial charge on any atom is 0.327 e. The Morgan fingerprint density at radius 3 is 2.89 bits per heavy atom. The molecule has 6 nitrogen and oxygen atoms in total. The van der Waals surface area contributed by atoms with Crippen LogP contribution in [0.5, 0.6) is 0 Å². The standard InChI is InChI=1S/C12H19N3O3/c1-3-4-5-6-11(16)14-10-7-13-15(8-10)9-12(17)18-2/h7-8H,3-6,9H2,1-2H3,(H,14,16). The second-order valence-electron chi connectivity index (χ2n) is 4.01. The molecule has 1 aromatic heterocycles. The van der Waals surface area contributed by atoms with E-state index in [1.54, 1.807) is 6.20 Å². The zero-order valence-corrected chi connectivity index (χ0v) is 10.8. The molecule has 100 valence electrons. The fraction of sp³-hybridized carbons (Fsp3) is 0.583. The van der Waals surface area contributed by atoms with Crippen molar-refractivity contribution in [2.75, 3.05) is 12.4 Å². The lowest BCUT2D eigenvalue weighted by Gasteiger charge is -2.01. The van der Waals surface area contributed by atoms with Crippen LogP contribution in [0.25, 0.3) is 0 Å². The first kappa shape index (κ1) is 14.2. The molecule has 0 spiro atoms. The number of nitrogens with zero attached hydrogens (tertiary/aromatic N) is 2. The molecule has 0 aliphatic carbocycles. The number of anilines is 1. The van der Waals surface area contributed by atoms with E-state index in [0.29, 0.717) is 12.1 Å². The molecule has 0 bridgehead atoms. The molecule has 1 N–H and O–H groups in total. The number of unbranched alkanes of at least 4 members (excludes halogenated alkanes) is 2. The summed E-state index contributed by atoms with van der Waals surface area (Å²) in [4.78, 5) is 22.6. The molecular weight excluding hydrogens is 234 g/mol. The van der Waals surface area contributed by atoms with Gasteiger partial charge in [-0.15, -0.1) is 0 Å². The highest BCUT2D eigenvalue weighted by atomic mass is 16.5. The molecule has 6 heteroatoms. The van der Waals surface area contributed by atoms with Crippen LogP contribution < -0.4 is 5.32 Å². The third-order valence-electron chi connectivity index (χ3n) is 2.44. The fourth-order valence-electron chi connectivity index (χ4n) is 1.47. The number of rotatable bonds is 7. The number of aromatic nitrogens is 2. The van der Waals surface area contributed by atoms with E-state index in [4.69, 9.17) is 0 Å². The number of hydrogen-bond donors (Lipinski definition) is 1. The Hall–Kier alpha value is -1.85. The molecule has 1 rings (SSSR count). The molecule has 18 heavy (non-hydrogen) atoms. The summed E-state index contributed by atoms with van der Waals surface area (Å²) in [5.41, 5.74) is 0.598. The maximum atomic E-state index is 11.5. The van der Waals surface area contributed by atoms with E-state index in [0.717, 1.165) is 19.3 Å². The van der Waals surface area contributed by atoms with Crippen molar-refractivity contribution in [3.63, 3.8) is 0 Å². The van der Waals surface area contributed by atoms with Crippen LogP contribution in [-0.4, -0.2) is 28.8 Å². The number of amides is 1. The monoisotopic (exact) mass is 253 g/mol. The van der Waals surface area contributed by atoms with Gasteiger partial charge in [0.2, 0.25) is 5.91 Å². The van der Waals surface area contributed by atoms with Gasteiger partial charge in [-0.05, 0) is 6.42 Å². The molecule has 1 heterocycles. The number of nitrogens with one attached hydrogen (secondary N) is 1. The van der Waals surface area contributed by atoms with Gasteiger partial charge in [0.05, 0.1) is 19.0 Å². The van der Waals surface area contributed by atoms with Crippen molar-refractivity contribution < 1.29 is 14.3 Å². The summed E-state index contributed by atoms with van der Waals surface area (Å²) < 4.78 is 5.95. The van der Waals surface area contributed by atoms with E-state index >= 15 is 0 Å². The summed E-state index contributed by atoms with van der Waals surface area (Å²) in [5, 5.41) is 6.69. The Morgan fingerprint density at radius 2 is 2.22 bits per heavy atom. The highest BCUT2D eigenvalue weighted by molar-refractivity contribution is 5.90. The Morgan fingerprint density at radius 1 is 1.44 bits per heavy atom. The number of hydrogen-bond acceptors (Lipinski definition) is 4. The van der Waals surface area contributed by atoms with Gasteiger partial charge in [0.25, 0.3) is 0 Å². The zero-order valence-electron chi connectivity index (χ0n) is 10.8. The molecule has 0 unspecified atom stereocenters. The lowest BCUT2D eigenvalue weighted by Crippen LogP contribution is -2.12. The summed E-state index contributed by atoms with van der Waals surface area (Å²) in [5.74, 6) is -0.403. The maximum absolute atomic E-state index is 11.5. The zero-order chi connectivity index (χ0) is 13.4. The van der Waals surface area contributed by atoms with Gasteiger partial charge in [-0.2, -0.15) is 5.10 Å². The van der Waals surface area contributed by atoms with E-state index in [1.165, 1.54) is 18.0 Å². The predicted octanol–water partition coefficient (Wildman–Crippen LogP) is 1.57. The van der Waals surface area contributed by atoms with Crippen molar-refractivity contribution in [1.29, 1.82) is 0 Å². The lowest BCUT2D eigenvalue weighted by atomic mass is 10.2. The molecule has 0 saturated heterocycles. The van der Waals surface area contributed by atoms with Crippen molar-refractivity contribution in [2.45, 2.75) is 39.2 Å². The summed E-state index contributed by atoms with van der Waals surface area (Å²) in [6.45, 7) is 2.14. The van der Waals surface area contributed by atoms with E-state index in [1.807, 2.05) is 0 Å². The van der Waals surface area contributed by atoms with Crippen molar-refractivity contribution in [2.24, 2.45) is 0 Å². The first-order valence-electron chi connectivity index (χ1n) is 6.04. The molecule has 0 fully saturated rings. The van der Waals surface area contributed by atoms with Crippen molar-refractivity contribution >= 4 is 17.6 Å². The highest BCUT2D eigenvalue weighted by Gasteiger charge is 2.06. The Balaban J connectivity index is 2.38. The molecule has 0 aliphatic rings. The van der Waals surface area contributed by atoms with Crippen LogP contribution in [0, 0.1) is 0 Å². The van der Waals surface area contributed by atoms with Crippen LogP contribution >= 0.6 is 0 Å². The second-order valence-corrected chi connectivity index (χ2v) is 4.01.